The van der Waals surface area contributed by atoms with E-state index in [0.717, 1.165) is 45.2 Å². The Morgan fingerprint density at radius 1 is 1.31 bits per heavy atom. The normalized spacial score (nSPS) is 20.7. The fraction of sp³-hybridized carbons (Fsp3) is 0.615. The van der Waals surface area contributed by atoms with E-state index in [1.165, 1.54) is 9.13 Å². The van der Waals surface area contributed by atoms with Crippen LogP contribution in [0.1, 0.15) is 61.0 Å². The number of hydrogen-bond donors (Lipinski definition) is 4. The van der Waals surface area contributed by atoms with Crippen molar-refractivity contribution in [1.82, 2.24) is 19.8 Å². The lowest BCUT2D eigenvalue weighted by molar-refractivity contribution is -0.00739. The van der Waals surface area contributed by atoms with E-state index < -0.39 is 17.6 Å². The average molecular weight is 521 g/mol. The highest BCUT2D eigenvalue weighted by atomic mass is 35.5. The number of benzene rings is 1. The molecule has 10 heteroatoms. The van der Waals surface area contributed by atoms with E-state index >= 15 is 0 Å². The molecule has 1 aromatic heterocycles. The average Bonchev–Trinajstić information content (AvgIpc) is 3.41. The van der Waals surface area contributed by atoms with E-state index in [9.17, 15) is 19.8 Å². The van der Waals surface area contributed by atoms with Crippen LogP contribution in [-0.4, -0.2) is 69.3 Å². The molecule has 1 aliphatic carbocycles. The van der Waals surface area contributed by atoms with E-state index in [-0.39, 0.29) is 42.1 Å². The van der Waals surface area contributed by atoms with Gasteiger partial charge in [-0.25, -0.2) is 4.79 Å². The Hall–Kier alpha value is -2.17. The van der Waals surface area contributed by atoms with Gasteiger partial charge in [0.1, 0.15) is 0 Å². The first-order valence-electron chi connectivity index (χ1n) is 12.9. The topological polar surface area (TPSA) is 118 Å². The summed E-state index contributed by atoms with van der Waals surface area (Å²) >= 11 is 6.33. The monoisotopic (exact) mass is 520 g/mol. The summed E-state index contributed by atoms with van der Waals surface area (Å²) in [6, 6.07) is 4.84. The number of aliphatic hydroxyl groups is 2. The van der Waals surface area contributed by atoms with E-state index in [2.05, 4.69) is 10.6 Å². The summed E-state index contributed by atoms with van der Waals surface area (Å²) in [5.74, 6) is -0.391. The van der Waals surface area contributed by atoms with Crippen molar-refractivity contribution in [1.29, 1.82) is 0 Å². The summed E-state index contributed by atoms with van der Waals surface area (Å²) in [7, 11) is 0. The third-order valence-electron chi connectivity index (χ3n) is 7.20. The Bertz CT molecular complexity index is 1100. The van der Waals surface area contributed by atoms with Crippen molar-refractivity contribution in [3.05, 3.63) is 51.2 Å². The van der Waals surface area contributed by atoms with Gasteiger partial charge in [0.25, 0.3) is 5.91 Å². The maximum absolute atomic E-state index is 13.2. The van der Waals surface area contributed by atoms with Crippen LogP contribution in [-0.2, 0) is 11.3 Å². The van der Waals surface area contributed by atoms with Crippen LogP contribution in [0.25, 0.3) is 5.69 Å². The molecular formula is C26H37ClN4O5. The predicted molar refractivity (Wildman–Crippen MR) is 138 cm³/mol. The Labute approximate surface area is 216 Å². The summed E-state index contributed by atoms with van der Waals surface area (Å²) in [5.41, 5.74) is 0.184. The second-order valence-electron chi connectivity index (χ2n) is 10.1. The molecule has 0 radical (unpaired) electrons. The maximum Gasteiger partial charge on any atom is 0.333 e. The van der Waals surface area contributed by atoms with Gasteiger partial charge in [0.05, 0.1) is 47.2 Å². The standard InChI is InChI=1S/C26H37ClN4O5/c1-18-14-31(25(34)30(18)15-20(32)16-36-21-8-11-28-13-21)19-6-7-23(27)22(12-19)24(33)29-17-26(35)9-4-2-3-5-10-26/h6-7,12,14,20-21,28,32,35H,2-5,8-11,13,15-17H2,1H3,(H,29,33). The van der Waals surface area contributed by atoms with Crippen LogP contribution in [0.5, 0.6) is 0 Å². The van der Waals surface area contributed by atoms with Crippen LogP contribution < -0.4 is 16.3 Å². The molecule has 1 amide bonds. The number of aromatic nitrogens is 2. The summed E-state index contributed by atoms with van der Waals surface area (Å²) in [6.07, 6.45) is 7.27. The molecule has 0 bridgehead atoms. The van der Waals surface area contributed by atoms with Gasteiger partial charge in [0, 0.05) is 25.0 Å². The molecule has 2 aromatic rings. The molecule has 2 atom stereocenters. The fourth-order valence-electron chi connectivity index (χ4n) is 5.02. The molecule has 2 fully saturated rings. The van der Waals surface area contributed by atoms with Gasteiger partial charge in [-0.2, -0.15) is 0 Å². The molecule has 2 heterocycles. The number of rotatable bonds is 9. The van der Waals surface area contributed by atoms with Crippen LogP contribution in [0.3, 0.4) is 0 Å². The third-order valence-corrected chi connectivity index (χ3v) is 7.53. The van der Waals surface area contributed by atoms with Crippen LogP contribution in [0.15, 0.2) is 29.2 Å². The first-order chi connectivity index (χ1) is 17.3. The van der Waals surface area contributed by atoms with Gasteiger partial charge in [-0.1, -0.05) is 37.3 Å². The number of hydrogen-bond acceptors (Lipinski definition) is 6. The number of carbonyl (C=O) groups excluding carboxylic acids is 1. The molecule has 2 aliphatic rings. The van der Waals surface area contributed by atoms with Crippen LogP contribution in [0.2, 0.25) is 5.02 Å². The quantitative estimate of drug-likeness (QED) is 0.376. The zero-order valence-corrected chi connectivity index (χ0v) is 21.6. The minimum Gasteiger partial charge on any atom is -0.389 e. The summed E-state index contributed by atoms with van der Waals surface area (Å²) in [5, 5.41) is 27.6. The van der Waals surface area contributed by atoms with Gasteiger partial charge in [-0.3, -0.25) is 13.9 Å². The summed E-state index contributed by atoms with van der Waals surface area (Å²) in [6.45, 7) is 3.90. The molecule has 2 unspecified atom stereocenters. The highest BCUT2D eigenvalue weighted by Gasteiger charge is 2.29. The molecule has 4 N–H and O–H groups in total. The smallest absolute Gasteiger partial charge is 0.333 e. The minimum atomic E-state index is -0.902. The van der Waals surface area contributed by atoms with Crippen LogP contribution in [0, 0.1) is 6.92 Å². The summed E-state index contributed by atoms with van der Waals surface area (Å²) < 4.78 is 8.67. The molecule has 1 aromatic carbocycles. The Kier molecular flexibility index (Phi) is 8.90. The van der Waals surface area contributed by atoms with Gasteiger partial charge >= 0.3 is 5.69 Å². The van der Waals surface area contributed by atoms with Crippen LogP contribution >= 0.6 is 11.6 Å². The van der Waals surface area contributed by atoms with Gasteiger partial charge in [0.15, 0.2) is 0 Å². The second-order valence-corrected chi connectivity index (χ2v) is 10.5. The summed E-state index contributed by atoms with van der Waals surface area (Å²) in [4.78, 5) is 26.1. The molecule has 1 saturated heterocycles. The number of aryl methyl sites for hydroxylation is 1. The lowest BCUT2D eigenvalue weighted by Gasteiger charge is -2.26. The van der Waals surface area contributed by atoms with Crippen molar-refractivity contribution in [3.8, 4) is 5.69 Å². The first-order valence-corrected chi connectivity index (χ1v) is 13.2. The number of imidazole rings is 1. The van der Waals surface area contributed by atoms with E-state index in [1.807, 2.05) is 0 Å². The van der Waals surface area contributed by atoms with E-state index in [4.69, 9.17) is 16.3 Å². The molecule has 0 spiro atoms. The maximum atomic E-state index is 13.2. The number of amides is 1. The molecule has 36 heavy (non-hydrogen) atoms. The Morgan fingerprint density at radius 2 is 2.06 bits per heavy atom. The van der Waals surface area contributed by atoms with Gasteiger partial charge in [0.2, 0.25) is 0 Å². The fourth-order valence-corrected chi connectivity index (χ4v) is 5.22. The molecular weight excluding hydrogens is 484 g/mol. The van der Waals surface area contributed by atoms with E-state index in [1.54, 1.807) is 31.3 Å². The molecule has 4 rings (SSSR count). The molecule has 198 valence electrons. The minimum absolute atomic E-state index is 0.0870. The van der Waals surface area contributed by atoms with Gasteiger partial charge in [-0.15, -0.1) is 0 Å². The SMILES string of the molecule is Cc1cn(-c2ccc(Cl)c(C(=O)NCC3(O)CCCCCC3)c2)c(=O)n1CC(O)COC1CCNC1. The van der Waals surface area contributed by atoms with E-state index in [0.29, 0.717) is 24.2 Å². The lowest BCUT2D eigenvalue weighted by atomic mass is 9.94. The first kappa shape index (κ1) is 26.9. The van der Waals surface area contributed by atoms with Crippen molar-refractivity contribution in [2.75, 3.05) is 26.2 Å². The van der Waals surface area contributed by atoms with Crippen molar-refractivity contribution in [3.63, 3.8) is 0 Å². The van der Waals surface area contributed by atoms with Crippen molar-refractivity contribution < 1.29 is 19.7 Å². The van der Waals surface area contributed by atoms with Crippen molar-refractivity contribution >= 4 is 17.5 Å². The molecule has 1 saturated carbocycles. The van der Waals surface area contributed by atoms with Gasteiger partial charge in [-0.05, 0) is 50.9 Å². The number of nitrogens with zero attached hydrogens (tertiary/aromatic N) is 2. The zero-order chi connectivity index (χ0) is 25.7. The molecule has 1 aliphatic heterocycles. The van der Waals surface area contributed by atoms with Crippen molar-refractivity contribution in [2.45, 2.75) is 76.2 Å². The Balaban J connectivity index is 1.45. The second kappa shape index (κ2) is 11.9. The predicted octanol–water partition coefficient (Wildman–Crippen LogP) is 2.16. The number of aliphatic hydroxyl groups excluding tert-OH is 1. The number of halogens is 1. The largest absolute Gasteiger partial charge is 0.389 e. The third kappa shape index (κ3) is 6.58. The highest BCUT2D eigenvalue weighted by Crippen LogP contribution is 2.27. The number of nitrogens with one attached hydrogen (secondary N) is 2. The Morgan fingerprint density at radius 3 is 2.75 bits per heavy atom. The lowest BCUT2D eigenvalue weighted by Crippen LogP contribution is -2.42. The van der Waals surface area contributed by atoms with Gasteiger partial charge < -0.3 is 25.6 Å². The van der Waals surface area contributed by atoms with Crippen LogP contribution in [0.4, 0.5) is 0 Å². The number of carbonyl (C=O) groups is 1. The number of ether oxygens (including phenoxy) is 1. The molecule has 9 nitrogen and oxygen atoms in total. The zero-order valence-electron chi connectivity index (χ0n) is 20.8. The highest BCUT2D eigenvalue weighted by molar-refractivity contribution is 6.33. The van der Waals surface area contributed by atoms with Crippen molar-refractivity contribution in [2.24, 2.45) is 0 Å².